The Bertz CT molecular complexity index is 1970. The molecule has 0 amide bonds. The molecular formula is C82H160O17P2. The first-order valence-corrected chi connectivity index (χ1v) is 45.2. The quantitative estimate of drug-likeness (QED) is 0.0222. The number of unbranched alkanes of at least 4 members (excludes halogenated alkanes) is 44. The normalized spacial score (nSPS) is 14.3. The van der Waals surface area contributed by atoms with Crippen molar-refractivity contribution < 1.29 is 80.2 Å². The molecule has 600 valence electrons. The summed E-state index contributed by atoms with van der Waals surface area (Å²) in [7, 11) is -9.92. The monoisotopic (exact) mass is 1480 g/mol. The lowest BCUT2D eigenvalue weighted by Crippen LogP contribution is -2.30. The van der Waals surface area contributed by atoms with Crippen LogP contribution in [0.1, 0.15) is 421 Å². The van der Waals surface area contributed by atoms with E-state index in [2.05, 4.69) is 55.4 Å². The number of hydrogen-bond donors (Lipinski definition) is 3. The summed E-state index contributed by atoms with van der Waals surface area (Å²) in [5.41, 5.74) is 0. The largest absolute Gasteiger partial charge is 0.472 e. The number of phosphoric acid groups is 2. The van der Waals surface area contributed by atoms with Gasteiger partial charge in [-0.25, -0.2) is 9.13 Å². The minimum absolute atomic E-state index is 0.106. The van der Waals surface area contributed by atoms with E-state index in [-0.39, 0.29) is 25.7 Å². The van der Waals surface area contributed by atoms with Gasteiger partial charge in [0.05, 0.1) is 26.4 Å². The van der Waals surface area contributed by atoms with Crippen molar-refractivity contribution in [3.8, 4) is 0 Å². The molecule has 0 saturated heterocycles. The molecule has 0 bridgehead atoms. The highest BCUT2D eigenvalue weighted by atomic mass is 31.2. The van der Waals surface area contributed by atoms with E-state index in [4.69, 9.17) is 37.0 Å². The zero-order valence-electron chi connectivity index (χ0n) is 66.5. The summed E-state index contributed by atoms with van der Waals surface area (Å²) >= 11 is 0. The summed E-state index contributed by atoms with van der Waals surface area (Å²) in [6, 6.07) is 0. The van der Waals surface area contributed by atoms with Gasteiger partial charge in [0.1, 0.15) is 19.3 Å². The molecule has 19 heteroatoms. The van der Waals surface area contributed by atoms with E-state index in [1.54, 1.807) is 0 Å². The molecule has 0 rings (SSSR count). The second-order valence-corrected chi connectivity index (χ2v) is 34.1. The lowest BCUT2D eigenvalue weighted by atomic mass is 9.99. The van der Waals surface area contributed by atoms with E-state index in [9.17, 15) is 43.2 Å². The Kier molecular flexibility index (Phi) is 69.6. The highest BCUT2D eigenvalue weighted by Gasteiger charge is 2.30. The third-order valence-electron chi connectivity index (χ3n) is 19.4. The topological polar surface area (TPSA) is 237 Å². The fourth-order valence-electron chi connectivity index (χ4n) is 12.6. The van der Waals surface area contributed by atoms with Crippen LogP contribution in [0.25, 0.3) is 0 Å². The molecule has 0 radical (unpaired) electrons. The zero-order valence-corrected chi connectivity index (χ0v) is 68.3. The van der Waals surface area contributed by atoms with Crippen molar-refractivity contribution >= 4 is 39.5 Å². The Morgan fingerprint density at radius 3 is 0.703 bits per heavy atom. The molecular weight excluding hydrogens is 1320 g/mol. The maximum absolute atomic E-state index is 13.1. The fourth-order valence-corrected chi connectivity index (χ4v) is 14.2. The van der Waals surface area contributed by atoms with Gasteiger partial charge in [0.2, 0.25) is 0 Å². The molecule has 0 aromatic carbocycles. The van der Waals surface area contributed by atoms with E-state index in [1.807, 2.05) is 0 Å². The van der Waals surface area contributed by atoms with Gasteiger partial charge in [0, 0.05) is 25.7 Å². The first-order chi connectivity index (χ1) is 48.6. The van der Waals surface area contributed by atoms with Crippen molar-refractivity contribution in [1.82, 2.24) is 0 Å². The Hall–Kier alpha value is -1.94. The van der Waals surface area contributed by atoms with Gasteiger partial charge in [-0.05, 0) is 49.4 Å². The number of hydrogen-bond acceptors (Lipinski definition) is 15. The predicted molar refractivity (Wildman–Crippen MR) is 414 cm³/mol. The highest BCUT2D eigenvalue weighted by Crippen LogP contribution is 2.45. The smallest absolute Gasteiger partial charge is 0.462 e. The van der Waals surface area contributed by atoms with Gasteiger partial charge in [0.15, 0.2) is 12.2 Å². The van der Waals surface area contributed by atoms with E-state index < -0.39 is 97.5 Å². The van der Waals surface area contributed by atoms with Crippen molar-refractivity contribution in [2.75, 3.05) is 39.6 Å². The summed E-state index contributed by atoms with van der Waals surface area (Å²) in [5, 5.41) is 10.6. The van der Waals surface area contributed by atoms with E-state index in [0.717, 1.165) is 114 Å². The Morgan fingerprint density at radius 2 is 0.475 bits per heavy atom. The second kappa shape index (κ2) is 71.0. The fraction of sp³-hybridized carbons (Fsp3) is 0.951. The van der Waals surface area contributed by atoms with Gasteiger partial charge in [-0.1, -0.05) is 370 Å². The molecule has 101 heavy (non-hydrogen) atoms. The maximum atomic E-state index is 13.1. The number of carbonyl (C=O) groups excluding carboxylic acids is 4. The Labute approximate surface area is 619 Å². The maximum Gasteiger partial charge on any atom is 0.472 e. The summed E-state index contributed by atoms with van der Waals surface area (Å²) in [4.78, 5) is 73.0. The van der Waals surface area contributed by atoms with Crippen LogP contribution < -0.4 is 0 Å². The van der Waals surface area contributed by atoms with Crippen LogP contribution in [0.4, 0.5) is 0 Å². The van der Waals surface area contributed by atoms with E-state index >= 15 is 0 Å². The molecule has 0 aliphatic heterocycles. The van der Waals surface area contributed by atoms with Gasteiger partial charge in [-0.2, -0.15) is 0 Å². The number of ether oxygens (including phenoxy) is 4. The molecule has 0 fully saturated rings. The van der Waals surface area contributed by atoms with Crippen LogP contribution in [0, 0.1) is 23.7 Å². The van der Waals surface area contributed by atoms with Gasteiger partial charge >= 0.3 is 39.5 Å². The lowest BCUT2D eigenvalue weighted by Gasteiger charge is -2.21. The third-order valence-corrected chi connectivity index (χ3v) is 21.3. The van der Waals surface area contributed by atoms with Crippen LogP contribution in [-0.4, -0.2) is 96.7 Å². The average Bonchev–Trinajstić information content (AvgIpc) is 1.05. The Balaban J connectivity index is 5.23. The number of phosphoric ester groups is 2. The summed E-state index contributed by atoms with van der Waals surface area (Å²) in [6.45, 7) is 14.3. The van der Waals surface area contributed by atoms with Crippen LogP contribution in [-0.2, 0) is 65.4 Å². The second-order valence-electron chi connectivity index (χ2n) is 31.2. The predicted octanol–water partition coefficient (Wildman–Crippen LogP) is 24.4. The van der Waals surface area contributed by atoms with Crippen molar-refractivity contribution in [2.24, 2.45) is 23.7 Å². The first kappa shape index (κ1) is 99.1. The molecule has 0 aromatic heterocycles. The molecule has 0 saturated carbocycles. The summed E-state index contributed by atoms with van der Waals surface area (Å²) < 4.78 is 68.7. The van der Waals surface area contributed by atoms with Crippen LogP contribution in [0.2, 0.25) is 0 Å². The Morgan fingerprint density at radius 1 is 0.277 bits per heavy atom. The molecule has 0 spiro atoms. The minimum Gasteiger partial charge on any atom is -0.462 e. The SMILES string of the molecule is CCC(C)CCCCCCCCCCCCCCCCC(=O)O[C@H](COC(=O)CCCCCCCCCCCCCCCC(C)C)COP(=O)(O)OCC(O)COP(=O)(O)OC[C@@H](COC(=O)CCCCCCCCC(C)C)OC(=O)CCCCCCCCCCCCCCCCCC(C)C. The average molecular weight is 1480 g/mol. The highest BCUT2D eigenvalue weighted by molar-refractivity contribution is 7.47. The molecule has 6 atom stereocenters. The number of carbonyl (C=O) groups is 4. The first-order valence-electron chi connectivity index (χ1n) is 42.2. The molecule has 0 heterocycles. The molecule has 3 N–H and O–H groups in total. The van der Waals surface area contributed by atoms with Crippen molar-refractivity contribution in [2.45, 2.75) is 440 Å². The van der Waals surface area contributed by atoms with Gasteiger partial charge in [0.25, 0.3) is 0 Å². The molecule has 0 aromatic rings. The summed E-state index contributed by atoms with van der Waals surface area (Å²) in [5.74, 6) is 1.00. The molecule has 0 aliphatic rings. The van der Waals surface area contributed by atoms with E-state index in [0.29, 0.717) is 31.6 Å². The van der Waals surface area contributed by atoms with Crippen molar-refractivity contribution in [1.29, 1.82) is 0 Å². The molecule has 17 nitrogen and oxygen atoms in total. The van der Waals surface area contributed by atoms with Crippen molar-refractivity contribution in [3.63, 3.8) is 0 Å². The third kappa shape index (κ3) is 74.7. The number of esters is 4. The van der Waals surface area contributed by atoms with Crippen LogP contribution in [0.5, 0.6) is 0 Å². The van der Waals surface area contributed by atoms with Crippen LogP contribution >= 0.6 is 15.6 Å². The number of aliphatic hydroxyl groups is 1. The lowest BCUT2D eigenvalue weighted by molar-refractivity contribution is -0.161. The minimum atomic E-state index is -4.96. The molecule has 4 unspecified atom stereocenters. The van der Waals surface area contributed by atoms with Gasteiger partial charge in [-0.3, -0.25) is 37.3 Å². The van der Waals surface area contributed by atoms with Gasteiger partial charge < -0.3 is 33.8 Å². The van der Waals surface area contributed by atoms with Gasteiger partial charge in [-0.15, -0.1) is 0 Å². The molecule has 0 aliphatic carbocycles. The van der Waals surface area contributed by atoms with Crippen LogP contribution in [0.15, 0.2) is 0 Å². The van der Waals surface area contributed by atoms with Crippen molar-refractivity contribution in [3.05, 3.63) is 0 Å². The number of aliphatic hydroxyl groups excluding tert-OH is 1. The standard InChI is InChI=1S/C82H160O17P2/c1-9-75(8)61-53-45-36-30-24-18-13-14-20-27-33-39-49-57-64-81(86)98-77(68-92-79(84)62-54-46-37-31-25-21-15-17-23-29-35-43-51-59-73(4)5)70-96-100(88,89)94-66-76(83)67-95-101(90,91)97-71-78(69-93-80(85)63-55-47-41-40-44-52-60-74(6)7)99-82(87)65-56-48-38-32-26-19-12-10-11-16-22-28-34-42-50-58-72(2)3/h72-78,83H,9-71H2,1-8H3,(H,88,89)(H,90,91)/t75?,76?,77-,78-/m1/s1. The van der Waals surface area contributed by atoms with E-state index in [1.165, 1.54) is 218 Å². The summed E-state index contributed by atoms with van der Waals surface area (Å²) in [6.07, 6.45) is 58.3. The van der Waals surface area contributed by atoms with Crippen LogP contribution in [0.3, 0.4) is 0 Å². The zero-order chi connectivity index (χ0) is 74.6. The number of rotatable bonds is 79.